The minimum Gasteiger partial charge on any atom is -0.405 e. The molecule has 0 spiro atoms. The van der Waals surface area contributed by atoms with Gasteiger partial charge in [0.1, 0.15) is 0 Å². The Morgan fingerprint density at radius 2 is 2.37 bits per heavy atom. The molecule has 0 aliphatic carbocycles. The van der Waals surface area contributed by atoms with E-state index in [1.165, 1.54) is 6.07 Å². The van der Waals surface area contributed by atoms with Crippen LogP contribution in [0.4, 0.5) is 5.88 Å². The van der Waals surface area contributed by atoms with Crippen LogP contribution in [0.1, 0.15) is 29.7 Å². The number of nitrogens with zero attached hydrogens (tertiary/aromatic N) is 2. The summed E-state index contributed by atoms with van der Waals surface area (Å²) >= 11 is 0. The molecule has 3 heterocycles. The molecule has 0 fully saturated rings. The van der Waals surface area contributed by atoms with Gasteiger partial charge in [-0.3, -0.25) is 10.4 Å². The van der Waals surface area contributed by atoms with Crippen LogP contribution in [0.2, 0.25) is 0 Å². The number of hydrogen-bond acceptors (Lipinski definition) is 5. The molecule has 0 saturated heterocycles. The summed E-state index contributed by atoms with van der Waals surface area (Å²) in [6.45, 7) is 4.72. The van der Waals surface area contributed by atoms with Gasteiger partial charge in [0.2, 0.25) is 5.88 Å². The molecule has 5 nitrogen and oxygen atoms in total. The minimum absolute atomic E-state index is 0.152. The number of pyridine rings is 1. The Bertz CT molecular complexity index is 651. The van der Waals surface area contributed by atoms with Gasteiger partial charge in [0.05, 0.1) is 6.04 Å². The van der Waals surface area contributed by atoms with Crippen molar-refractivity contribution in [2.24, 2.45) is 0 Å². The lowest BCUT2D eigenvalue weighted by atomic mass is 10.1. The maximum absolute atomic E-state index is 11.4. The quantitative estimate of drug-likeness (QED) is 0.894. The van der Waals surface area contributed by atoms with Gasteiger partial charge >= 0.3 is 5.63 Å². The predicted molar refractivity (Wildman–Crippen MR) is 71.5 cm³/mol. The van der Waals surface area contributed by atoms with Gasteiger partial charge in [0, 0.05) is 30.6 Å². The molecule has 1 atom stereocenters. The smallest absolute Gasteiger partial charge is 0.337 e. The molecule has 1 unspecified atom stereocenters. The van der Waals surface area contributed by atoms with Crippen molar-refractivity contribution in [3.05, 3.63) is 57.7 Å². The molecule has 0 radical (unpaired) electrons. The molecule has 0 bridgehead atoms. The second-order valence-corrected chi connectivity index (χ2v) is 4.77. The van der Waals surface area contributed by atoms with E-state index in [1.807, 2.05) is 30.3 Å². The highest BCUT2D eigenvalue weighted by atomic mass is 16.4. The lowest BCUT2D eigenvalue weighted by Crippen LogP contribution is -2.26. The number of aromatic nitrogens is 1. The third-order valence-electron chi connectivity index (χ3n) is 3.41. The van der Waals surface area contributed by atoms with Crippen molar-refractivity contribution in [2.75, 3.05) is 5.43 Å². The standard InChI is InChI=1S/C14H15N3O2/c1-9-6-12(18)19-14-13(9)10(2)17(16-14)8-11-4-3-5-15-7-11/h3-7,10,16H,8H2,1-2H3. The number of hydrazine groups is 1. The summed E-state index contributed by atoms with van der Waals surface area (Å²) in [5.41, 5.74) is 5.94. The van der Waals surface area contributed by atoms with E-state index in [0.29, 0.717) is 12.4 Å². The molecular weight excluding hydrogens is 242 g/mol. The SMILES string of the molecule is Cc1cc(=O)oc2c1C(C)N(Cc1cccnc1)N2. The predicted octanol–water partition coefficient (Wildman–Crippen LogP) is 2.25. The molecule has 5 heteroatoms. The first-order chi connectivity index (χ1) is 9.15. The number of hydrogen-bond donors (Lipinski definition) is 1. The van der Waals surface area contributed by atoms with Gasteiger partial charge in [0.15, 0.2) is 0 Å². The Kier molecular flexibility index (Phi) is 2.83. The van der Waals surface area contributed by atoms with Gasteiger partial charge in [-0.05, 0) is 31.0 Å². The topological polar surface area (TPSA) is 58.4 Å². The zero-order valence-corrected chi connectivity index (χ0v) is 10.9. The van der Waals surface area contributed by atoms with E-state index in [4.69, 9.17) is 4.42 Å². The molecule has 1 aliphatic rings. The van der Waals surface area contributed by atoms with Crippen LogP contribution in [0.5, 0.6) is 0 Å². The van der Waals surface area contributed by atoms with Crippen LogP contribution >= 0.6 is 0 Å². The Morgan fingerprint density at radius 1 is 1.53 bits per heavy atom. The summed E-state index contributed by atoms with van der Waals surface area (Å²) < 4.78 is 5.21. The molecule has 3 rings (SSSR count). The van der Waals surface area contributed by atoms with E-state index < -0.39 is 0 Å². The van der Waals surface area contributed by atoms with Crippen molar-refractivity contribution in [3.63, 3.8) is 0 Å². The van der Waals surface area contributed by atoms with Crippen molar-refractivity contribution in [3.8, 4) is 0 Å². The van der Waals surface area contributed by atoms with Crippen molar-refractivity contribution >= 4 is 5.88 Å². The normalized spacial score (nSPS) is 18.1. The van der Waals surface area contributed by atoms with Gasteiger partial charge in [-0.1, -0.05) is 6.07 Å². The second-order valence-electron chi connectivity index (χ2n) is 4.77. The van der Waals surface area contributed by atoms with Crippen molar-refractivity contribution in [1.82, 2.24) is 9.99 Å². The Hall–Kier alpha value is -2.14. The van der Waals surface area contributed by atoms with E-state index in [9.17, 15) is 4.79 Å². The van der Waals surface area contributed by atoms with Crippen molar-refractivity contribution in [2.45, 2.75) is 26.4 Å². The minimum atomic E-state index is -0.320. The second kappa shape index (κ2) is 4.51. The molecule has 1 aliphatic heterocycles. The van der Waals surface area contributed by atoms with Crippen LogP contribution < -0.4 is 11.1 Å². The highest BCUT2D eigenvalue weighted by Gasteiger charge is 2.30. The maximum atomic E-state index is 11.4. The zero-order valence-electron chi connectivity index (χ0n) is 10.9. The van der Waals surface area contributed by atoms with Crippen LogP contribution in [0.25, 0.3) is 0 Å². The van der Waals surface area contributed by atoms with E-state index in [-0.39, 0.29) is 11.7 Å². The summed E-state index contributed by atoms with van der Waals surface area (Å²) in [5.74, 6) is 0.557. The lowest BCUT2D eigenvalue weighted by Gasteiger charge is -2.21. The van der Waals surface area contributed by atoms with Crippen LogP contribution in [-0.4, -0.2) is 9.99 Å². The Labute approximate surface area is 110 Å². The monoisotopic (exact) mass is 257 g/mol. The Balaban J connectivity index is 1.89. The molecule has 1 N–H and O–H groups in total. The summed E-state index contributed by atoms with van der Waals surface area (Å²) in [4.78, 5) is 15.5. The average molecular weight is 257 g/mol. The number of rotatable bonds is 2. The van der Waals surface area contributed by atoms with Gasteiger partial charge in [-0.2, -0.15) is 0 Å². The van der Waals surface area contributed by atoms with Gasteiger partial charge in [0.25, 0.3) is 0 Å². The largest absolute Gasteiger partial charge is 0.405 e. The number of fused-ring (bicyclic) bond motifs is 1. The third-order valence-corrected chi connectivity index (χ3v) is 3.41. The first kappa shape index (κ1) is 11.9. The van der Waals surface area contributed by atoms with Crippen LogP contribution in [0, 0.1) is 6.92 Å². The summed E-state index contributed by atoms with van der Waals surface area (Å²) in [5, 5.41) is 2.04. The molecule has 0 saturated carbocycles. The summed E-state index contributed by atoms with van der Waals surface area (Å²) in [6, 6.07) is 5.62. The van der Waals surface area contributed by atoms with Gasteiger partial charge in [-0.25, -0.2) is 9.80 Å². The lowest BCUT2D eigenvalue weighted by molar-refractivity contribution is 0.267. The van der Waals surface area contributed by atoms with Crippen molar-refractivity contribution in [1.29, 1.82) is 0 Å². The molecule has 2 aromatic rings. The molecule has 19 heavy (non-hydrogen) atoms. The molecule has 2 aromatic heterocycles. The van der Waals surface area contributed by atoms with Crippen LogP contribution in [0.15, 0.2) is 39.8 Å². The summed E-state index contributed by atoms with van der Waals surface area (Å²) in [6.07, 6.45) is 3.59. The summed E-state index contributed by atoms with van der Waals surface area (Å²) in [7, 11) is 0. The molecular formula is C14H15N3O2. The highest BCUT2D eigenvalue weighted by Crippen LogP contribution is 2.36. The van der Waals surface area contributed by atoms with E-state index >= 15 is 0 Å². The van der Waals surface area contributed by atoms with Gasteiger partial charge in [-0.15, -0.1) is 0 Å². The first-order valence-electron chi connectivity index (χ1n) is 6.22. The Morgan fingerprint density at radius 3 is 3.11 bits per heavy atom. The maximum Gasteiger partial charge on any atom is 0.337 e. The first-order valence-corrected chi connectivity index (χ1v) is 6.22. The van der Waals surface area contributed by atoms with Gasteiger partial charge < -0.3 is 4.42 Å². The average Bonchev–Trinajstić information content (AvgIpc) is 2.67. The molecule has 0 amide bonds. The van der Waals surface area contributed by atoms with Crippen LogP contribution in [0.3, 0.4) is 0 Å². The molecule has 0 aromatic carbocycles. The molecule has 98 valence electrons. The van der Waals surface area contributed by atoms with Crippen molar-refractivity contribution < 1.29 is 4.42 Å². The van der Waals surface area contributed by atoms with E-state index in [2.05, 4.69) is 17.3 Å². The third kappa shape index (κ3) is 2.13. The fourth-order valence-corrected chi connectivity index (χ4v) is 2.47. The van der Waals surface area contributed by atoms with E-state index in [0.717, 1.165) is 16.7 Å². The number of anilines is 1. The number of nitrogens with one attached hydrogen (secondary N) is 1. The number of aryl methyl sites for hydroxylation is 1. The highest BCUT2D eigenvalue weighted by molar-refractivity contribution is 5.50. The fourth-order valence-electron chi connectivity index (χ4n) is 2.47. The zero-order chi connectivity index (χ0) is 13.4. The van der Waals surface area contributed by atoms with E-state index in [1.54, 1.807) is 6.20 Å². The van der Waals surface area contributed by atoms with Crippen LogP contribution in [-0.2, 0) is 6.54 Å². The fraction of sp³-hybridized carbons (Fsp3) is 0.286.